The molecule has 1 aromatic rings. The van der Waals surface area contributed by atoms with Gasteiger partial charge in [0.05, 0.1) is 0 Å². The van der Waals surface area contributed by atoms with Gasteiger partial charge < -0.3 is 10.2 Å². The topological polar surface area (TPSA) is 80.6 Å². The number of aromatic nitrogens is 1. The summed E-state index contributed by atoms with van der Waals surface area (Å²) in [6.07, 6.45) is 2.98. The molecular formula is C10H13N3O3S. The molecule has 0 aliphatic heterocycles. The lowest BCUT2D eigenvalue weighted by molar-refractivity contribution is -0.105. The zero-order chi connectivity index (χ0) is 12.5. The van der Waals surface area contributed by atoms with E-state index < -0.39 is 0 Å². The van der Waals surface area contributed by atoms with Crippen LogP contribution in [0.4, 0.5) is 5.13 Å². The highest BCUT2D eigenvalue weighted by Crippen LogP contribution is 2.14. The van der Waals surface area contributed by atoms with Gasteiger partial charge in [0, 0.05) is 5.38 Å². The summed E-state index contributed by atoms with van der Waals surface area (Å²) in [6, 6.07) is 0. The van der Waals surface area contributed by atoms with Gasteiger partial charge in [0.15, 0.2) is 17.1 Å². The van der Waals surface area contributed by atoms with Crippen LogP contribution in [0.3, 0.4) is 0 Å². The Bertz CT molecular complexity index is 403. The van der Waals surface area contributed by atoms with Crippen LogP contribution in [-0.4, -0.2) is 30.0 Å². The van der Waals surface area contributed by atoms with E-state index in [1.807, 2.05) is 6.92 Å². The molecule has 17 heavy (non-hydrogen) atoms. The highest BCUT2D eigenvalue weighted by atomic mass is 32.1. The third-order valence-electron chi connectivity index (χ3n) is 1.81. The van der Waals surface area contributed by atoms with Gasteiger partial charge in [-0.05, 0) is 6.42 Å². The van der Waals surface area contributed by atoms with Gasteiger partial charge in [-0.1, -0.05) is 18.5 Å². The summed E-state index contributed by atoms with van der Waals surface area (Å²) < 4.78 is 0. The fourth-order valence-corrected chi connectivity index (χ4v) is 1.62. The molecular weight excluding hydrogens is 242 g/mol. The second-order valence-electron chi connectivity index (χ2n) is 3.08. The third-order valence-corrected chi connectivity index (χ3v) is 2.59. The van der Waals surface area contributed by atoms with Crippen molar-refractivity contribution in [2.24, 2.45) is 5.16 Å². The van der Waals surface area contributed by atoms with Crippen LogP contribution < -0.4 is 5.32 Å². The second-order valence-corrected chi connectivity index (χ2v) is 3.94. The molecule has 0 saturated carbocycles. The van der Waals surface area contributed by atoms with Gasteiger partial charge in [-0.15, -0.1) is 11.3 Å². The Labute approximate surface area is 103 Å². The predicted octanol–water partition coefficient (Wildman–Crippen LogP) is 1.43. The number of anilines is 1. The summed E-state index contributed by atoms with van der Waals surface area (Å²) in [7, 11) is 0. The van der Waals surface area contributed by atoms with E-state index in [4.69, 9.17) is 4.84 Å². The SMILES string of the molecule is CCCCON=C(C=O)c1csc(NC=O)n1. The average Bonchev–Trinajstić information content (AvgIpc) is 2.78. The molecule has 1 heterocycles. The van der Waals surface area contributed by atoms with Crippen LogP contribution >= 0.6 is 11.3 Å². The van der Waals surface area contributed by atoms with Crippen molar-refractivity contribution in [3.63, 3.8) is 0 Å². The molecule has 0 aliphatic carbocycles. The molecule has 0 unspecified atom stereocenters. The van der Waals surface area contributed by atoms with Gasteiger partial charge in [0.1, 0.15) is 12.3 Å². The largest absolute Gasteiger partial charge is 0.395 e. The molecule has 7 heteroatoms. The number of carbonyl (C=O) groups is 2. The molecule has 0 fully saturated rings. The summed E-state index contributed by atoms with van der Waals surface area (Å²) in [5.41, 5.74) is 0.516. The van der Waals surface area contributed by atoms with Gasteiger partial charge in [0.2, 0.25) is 6.41 Å². The molecule has 0 saturated heterocycles. The fraction of sp³-hybridized carbons (Fsp3) is 0.400. The number of oxime groups is 1. The maximum atomic E-state index is 10.8. The number of hydrogen-bond acceptors (Lipinski definition) is 6. The highest BCUT2D eigenvalue weighted by Gasteiger charge is 2.08. The molecule has 6 nitrogen and oxygen atoms in total. The van der Waals surface area contributed by atoms with Crippen molar-refractivity contribution in [3.8, 4) is 0 Å². The van der Waals surface area contributed by atoms with Crippen molar-refractivity contribution in [1.29, 1.82) is 0 Å². The van der Waals surface area contributed by atoms with Gasteiger partial charge in [-0.25, -0.2) is 4.98 Å². The van der Waals surface area contributed by atoms with Gasteiger partial charge in [-0.2, -0.15) is 0 Å². The van der Waals surface area contributed by atoms with Crippen LogP contribution in [0.1, 0.15) is 25.5 Å². The van der Waals surface area contributed by atoms with Crippen LogP contribution in [0.15, 0.2) is 10.5 Å². The van der Waals surface area contributed by atoms with Gasteiger partial charge in [-0.3, -0.25) is 9.59 Å². The Morgan fingerprint density at radius 1 is 1.65 bits per heavy atom. The number of unbranched alkanes of at least 4 members (excludes halogenated alkanes) is 1. The summed E-state index contributed by atoms with van der Waals surface area (Å²) in [6.45, 7) is 2.50. The number of nitrogens with one attached hydrogen (secondary N) is 1. The summed E-state index contributed by atoms with van der Waals surface area (Å²) in [5, 5.41) is 8.14. The Kier molecular flexibility index (Phi) is 5.87. The minimum atomic E-state index is 0.122. The molecule has 0 aliphatic rings. The first-order valence-corrected chi connectivity index (χ1v) is 6.01. The quantitative estimate of drug-likeness (QED) is 0.330. The van der Waals surface area contributed by atoms with Crippen LogP contribution in [0.5, 0.6) is 0 Å². The van der Waals surface area contributed by atoms with E-state index in [1.165, 1.54) is 11.3 Å². The number of carbonyl (C=O) groups excluding carboxylic acids is 2. The maximum Gasteiger partial charge on any atom is 0.213 e. The number of thiazole rings is 1. The summed E-state index contributed by atoms with van der Waals surface area (Å²) in [4.78, 5) is 30.0. The number of nitrogens with zero attached hydrogens (tertiary/aromatic N) is 2. The van der Waals surface area contributed by atoms with Crippen LogP contribution in [-0.2, 0) is 14.4 Å². The fourth-order valence-electron chi connectivity index (χ4n) is 0.961. The number of aldehydes is 1. The molecule has 1 rings (SSSR count). The minimum absolute atomic E-state index is 0.122. The normalized spacial score (nSPS) is 11.0. The molecule has 0 aromatic carbocycles. The molecule has 0 spiro atoms. The zero-order valence-corrected chi connectivity index (χ0v) is 10.2. The molecule has 0 bridgehead atoms. The van der Waals surface area contributed by atoms with Gasteiger partial charge in [0.25, 0.3) is 0 Å². The maximum absolute atomic E-state index is 10.8. The van der Waals surface area contributed by atoms with E-state index in [9.17, 15) is 9.59 Å². The molecule has 1 N–H and O–H groups in total. The molecule has 0 radical (unpaired) electrons. The van der Waals surface area contributed by atoms with Crippen molar-refractivity contribution < 1.29 is 14.4 Å². The second kappa shape index (κ2) is 7.50. The first kappa shape index (κ1) is 13.3. The summed E-state index contributed by atoms with van der Waals surface area (Å²) >= 11 is 1.21. The monoisotopic (exact) mass is 255 g/mol. The zero-order valence-electron chi connectivity index (χ0n) is 9.38. The van der Waals surface area contributed by atoms with E-state index in [-0.39, 0.29) is 5.71 Å². The number of amides is 1. The van der Waals surface area contributed by atoms with Crippen molar-refractivity contribution >= 4 is 34.9 Å². The van der Waals surface area contributed by atoms with Crippen molar-refractivity contribution in [2.75, 3.05) is 11.9 Å². The molecule has 1 amide bonds. The van der Waals surface area contributed by atoms with E-state index in [1.54, 1.807) is 5.38 Å². The highest BCUT2D eigenvalue weighted by molar-refractivity contribution is 7.14. The first-order chi connectivity index (χ1) is 8.31. The number of rotatable bonds is 8. The minimum Gasteiger partial charge on any atom is -0.395 e. The lowest BCUT2D eigenvalue weighted by Gasteiger charge is -1.97. The van der Waals surface area contributed by atoms with E-state index in [2.05, 4.69) is 15.5 Å². The Morgan fingerprint density at radius 2 is 2.47 bits per heavy atom. The van der Waals surface area contributed by atoms with Crippen LogP contribution in [0.25, 0.3) is 0 Å². The number of hydrogen-bond donors (Lipinski definition) is 1. The lowest BCUT2D eigenvalue weighted by atomic mass is 10.3. The average molecular weight is 255 g/mol. The molecule has 92 valence electrons. The third kappa shape index (κ3) is 4.31. The predicted molar refractivity (Wildman–Crippen MR) is 65.3 cm³/mol. The van der Waals surface area contributed by atoms with Crippen LogP contribution in [0.2, 0.25) is 0 Å². The van der Waals surface area contributed by atoms with Crippen LogP contribution in [0, 0.1) is 0 Å². The van der Waals surface area contributed by atoms with Gasteiger partial charge >= 0.3 is 0 Å². The molecule has 1 aromatic heterocycles. The Morgan fingerprint density at radius 3 is 3.12 bits per heavy atom. The molecule has 0 atom stereocenters. The van der Waals surface area contributed by atoms with Crippen molar-refractivity contribution in [3.05, 3.63) is 11.1 Å². The van der Waals surface area contributed by atoms with Crippen molar-refractivity contribution in [1.82, 2.24) is 4.98 Å². The smallest absolute Gasteiger partial charge is 0.213 e. The summed E-state index contributed by atoms with van der Waals surface area (Å²) in [5.74, 6) is 0. The van der Waals surface area contributed by atoms with E-state index in [0.29, 0.717) is 30.1 Å². The van der Waals surface area contributed by atoms with Crippen molar-refractivity contribution in [2.45, 2.75) is 19.8 Å². The standard InChI is InChI=1S/C10H13N3O3S/c1-2-3-4-16-13-8(5-14)9-6-17-10(12-9)11-7-15/h5-7H,2-4H2,1H3,(H,11,12,15). The first-order valence-electron chi connectivity index (χ1n) is 5.13. The van der Waals surface area contributed by atoms with E-state index >= 15 is 0 Å². The Balaban J connectivity index is 2.64. The van der Waals surface area contributed by atoms with E-state index in [0.717, 1.165) is 12.8 Å². The Hall–Kier alpha value is -1.76. The lowest BCUT2D eigenvalue weighted by Crippen LogP contribution is -2.05.